The van der Waals surface area contributed by atoms with Gasteiger partial charge in [0.05, 0.1) is 15.4 Å². The average molecular weight is 573 g/mol. The molecule has 1 aliphatic heterocycles. The monoisotopic (exact) mass is 572 g/mol. The molecule has 0 aliphatic carbocycles. The van der Waals surface area contributed by atoms with Gasteiger partial charge in [0.1, 0.15) is 0 Å². The summed E-state index contributed by atoms with van der Waals surface area (Å²) in [6.45, 7) is 2.02. The molecule has 0 bridgehead atoms. The summed E-state index contributed by atoms with van der Waals surface area (Å²) in [5.74, 6) is 0. The van der Waals surface area contributed by atoms with E-state index in [-0.39, 0.29) is 18.0 Å². The van der Waals surface area contributed by atoms with Gasteiger partial charge in [0.2, 0.25) is 10.0 Å². The van der Waals surface area contributed by atoms with Gasteiger partial charge in [0, 0.05) is 35.6 Å². The van der Waals surface area contributed by atoms with Crippen molar-refractivity contribution in [2.24, 2.45) is 0 Å². The van der Waals surface area contributed by atoms with E-state index in [4.69, 9.17) is 0 Å². The van der Waals surface area contributed by atoms with E-state index >= 15 is 0 Å². The van der Waals surface area contributed by atoms with Gasteiger partial charge in [0.15, 0.2) is 9.84 Å². The first-order valence-electron chi connectivity index (χ1n) is 11.6. The van der Waals surface area contributed by atoms with E-state index in [1.165, 1.54) is 29.5 Å². The zero-order valence-corrected chi connectivity index (χ0v) is 22.6. The molecule has 0 N–H and O–H groups in total. The van der Waals surface area contributed by atoms with Gasteiger partial charge in [-0.3, -0.25) is 0 Å². The van der Waals surface area contributed by atoms with Crippen molar-refractivity contribution in [1.82, 2.24) is 9.21 Å². The third-order valence-electron chi connectivity index (χ3n) is 6.22. The van der Waals surface area contributed by atoms with Crippen molar-refractivity contribution in [2.45, 2.75) is 35.4 Å². The van der Waals surface area contributed by atoms with Gasteiger partial charge in [-0.25, -0.2) is 16.8 Å². The molecule has 0 unspecified atom stereocenters. The molecular formula is C25H27F3N2O4S3. The van der Waals surface area contributed by atoms with Crippen molar-refractivity contribution in [1.29, 1.82) is 0 Å². The summed E-state index contributed by atoms with van der Waals surface area (Å²) in [7, 11) is -7.88. The Labute approximate surface area is 219 Å². The molecule has 6 nitrogen and oxygen atoms in total. The van der Waals surface area contributed by atoms with Gasteiger partial charge in [-0.05, 0) is 67.9 Å². The van der Waals surface area contributed by atoms with Crippen LogP contribution in [-0.4, -0.2) is 58.5 Å². The fraction of sp³-hybridized carbons (Fsp3) is 0.360. The molecule has 2 aromatic carbocycles. The van der Waals surface area contributed by atoms with Gasteiger partial charge < -0.3 is 4.90 Å². The van der Waals surface area contributed by atoms with E-state index in [0.717, 1.165) is 53.5 Å². The number of benzene rings is 2. The van der Waals surface area contributed by atoms with Crippen molar-refractivity contribution in [3.8, 4) is 10.4 Å². The number of likely N-dealkylation sites (tertiary alicyclic amines) is 1. The van der Waals surface area contributed by atoms with Crippen LogP contribution in [-0.2, 0) is 32.6 Å². The lowest BCUT2D eigenvalue weighted by Gasteiger charge is -2.26. The Balaban J connectivity index is 1.66. The minimum atomic E-state index is -4.81. The van der Waals surface area contributed by atoms with E-state index in [9.17, 15) is 30.0 Å². The number of hydrogen-bond donors (Lipinski definition) is 0. The van der Waals surface area contributed by atoms with Gasteiger partial charge in [-0.15, -0.1) is 11.3 Å². The second kappa shape index (κ2) is 10.9. The molecule has 200 valence electrons. The van der Waals surface area contributed by atoms with Crippen LogP contribution in [0, 0.1) is 0 Å². The Kier molecular flexibility index (Phi) is 8.15. The Morgan fingerprint density at radius 3 is 2.32 bits per heavy atom. The summed E-state index contributed by atoms with van der Waals surface area (Å²) in [6.07, 6.45) is -1.69. The fourth-order valence-electron chi connectivity index (χ4n) is 4.28. The number of hydrogen-bond acceptors (Lipinski definition) is 6. The molecule has 0 radical (unpaired) electrons. The Morgan fingerprint density at radius 2 is 1.65 bits per heavy atom. The summed E-state index contributed by atoms with van der Waals surface area (Å²) in [5, 5.41) is 0. The molecule has 0 atom stereocenters. The van der Waals surface area contributed by atoms with Crippen molar-refractivity contribution < 1.29 is 30.0 Å². The number of alkyl halides is 3. The normalized spacial score (nSPS) is 15.5. The maximum absolute atomic E-state index is 13.7. The maximum atomic E-state index is 13.7. The van der Waals surface area contributed by atoms with E-state index in [0.29, 0.717) is 17.0 Å². The molecule has 0 amide bonds. The van der Waals surface area contributed by atoms with Gasteiger partial charge >= 0.3 is 6.18 Å². The second-order valence-electron chi connectivity index (χ2n) is 8.95. The first-order valence-corrected chi connectivity index (χ1v) is 15.8. The highest BCUT2D eigenvalue weighted by molar-refractivity contribution is 7.90. The van der Waals surface area contributed by atoms with E-state index < -0.39 is 36.5 Å². The lowest BCUT2D eigenvalue weighted by atomic mass is 10.2. The highest BCUT2D eigenvalue weighted by atomic mass is 32.2. The zero-order chi connectivity index (χ0) is 26.8. The topological polar surface area (TPSA) is 74.8 Å². The molecule has 1 aliphatic rings. The van der Waals surface area contributed by atoms with Crippen LogP contribution < -0.4 is 0 Å². The molecule has 12 heteroatoms. The SMILES string of the molecule is CS(=O)(=O)c1cccc(-c2ccc(CN(CCN3CCCC3)S(=O)(=O)c3ccccc3C(F)(F)F)s2)c1. The van der Waals surface area contributed by atoms with Crippen LogP contribution >= 0.6 is 11.3 Å². The van der Waals surface area contributed by atoms with E-state index in [1.54, 1.807) is 30.3 Å². The third-order valence-corrected chi connectivity index (χ3v) is 10.3. The van der Waals surface area contributed by atoms with Crippen LogP contribution in [0.3, 0.4) is 0 Å². The maximum Gasteiger partial charge on any atom is 0.417 e. The minimum Gasteiger partial charge on any atom is -0.302 e. The molecule has 1 fully saturated rings. The minimum absolute atomic E-state index is 0.0469. The van der Waals surface area contributed by atoms with Crippen LogP contribution in [0.1, 0.15) is 23.3 Å². The smallest absolute Gasteiger partial charge is 0.302 e. The predicted octanol–water partition coefficient (Wildman–Crippen LogP) is 5.12. The average Bonchev–Trinajstić information content (AvgIpc) is 3.53. The quantitative estimate of drug-likeness (QED) is 0.356. The third kappa shape index (κ3) is 6.61. The predicted molar refractivity (Wildman–Crippen MR) is 138 cm³/mol. The molecule has 37 heavy (non-hydrogen) atoms. The van der Waals surface area contributed by atoms with Crippen molar-refractivity contribution in [3.63, 3.8) is 0 Å². The summed E-state index contributed by atoms with van der Waals surface area (Å²) >= 11 is 1.28. The van der Waals surface area contributed by atoms with Gasteiger partial charge in [-0.1, -0.05) is 24.3 Å². The van der Waals surface area contributed by atoms with Crippen molar-refractivity contribution >= 4 is 31.2 Å². The van der Waals surface area contributed by atoms with Crippen LogP contribution in [0.15, 0.2) is 70.5 Å². The molecule has 1 saturated heterocycles. The molecule has 1 aromatic heterocycles. The summed E-state index contributed by atoms with van der Waals surface area (Å²) in [6, 6.07) is 14.2. The molecule has 2 heterocycles. The number of sulfonamides is 1. The standard InChI is InChI=1S/C25H27F3N2O4S3/c1-36(31,32)21-8-6-7-19(17-21)23-12-11-20(35-23)18-30(16-15-29-13-4-5-14-29)37(33,34)24-10-3-2-9-22(24)25(26,27)28/h2-3,6-12,17H,4-5,13-16,18H2,1H3. The van der Waals surface area contributed by atoms with Crippen LogP contribution in [0.25, 0.3) is 10.4 Å². The van der Waals surface area contributed by atoms with Crippen LogP contribution in [0.5, 0.6) is 0 Å². The van der Waals surface area contributed by atoms with Crippen molar-refractivity contribution in [2.75, 3.05) is 32.4 Å². The Morgan fingerprint density at radius 1 is 0.946 bits per heavy atom. The first-order chi connectivity index (χ1) is 17.4. The van der Waals surface area contributed by atoms with Crippen LogP contribution in [0.2, 0.25) is 0 Å². The molecule has 0 spiro atoms. The van der Waals surface area contributed by atoms with E-state index in [2.05, 4.69) is 4.90 Å². The molecule has 3 aromatic rings. The highest BCUT2D eigenvalue weighted by Gasteiger charge is 2.39. The summed E-state index contributed by atoms with van der Waals surface area (Å²) < 4.78 is 93.2. The number of thiophene rings is 1. The number of halogens is 3. The van der Waals surface area contributed by atoms with Crippen molar-refractivity contribution in [3.05, 3.63) is 71.1 Å². The first kappa shape index (κ1) is 27.8. The Bertz CT molecular complexity index is 1460. The number of nitrogens with zero attached hydrogens (tertiary/aromatic N) is 2. The van der Waals surface area contributed by atoms with E-state index in [1.807, 2.05) is 0 Å². The molecular weight excluding hydrogens is 545 g/mol. The molecule has 0 saturated carbocycles. The number of rotatable bonds is 9. The summed E-state index contributed by atoms with van der Waals surface area (Å²) in [5.41, 5.74) is -0.529. The summed E-state index contributed by atoms with van der Waals surface area (Å²) in [4.78, 5) is 2.87. The zero-order valence-electron chi connectivity index (χ0n) is 20.1. The lowest BCUT2D eigenvalue weighted by molar-refractivity contribution is -0.139. The largest absolute Gasteiger partial charge is 0.417 e. The second-order valence-corrected chi connectivity index (χ2v) is 14.0. The van der Waals surface area contributed by atoms with Crippen LogP contribution in [0.4, 0.5) is 13.2 Å². The fourth-order valence-corrected chi connectivity index (χ4v) is 7.67. The number of sulfone groups is 1. The lowest BCUT2D eigenvalue weighted by Crippen LogP contribution is -2.38. The van der Waals surface area contributed by atoms with Gasteiger partial charge in [-0.2, -0.15) is 17.5 Å². The Hall–Kier alpha value is -2.25. The molecule has 4 rings (SSSR count). The van der Waals surface area contributed by atoms with Gasteiger partial charge in [0.25, 0.3) is 0 Å². The highest BCUT2D eigenvalue weighted by Crippen LogP contribution is 2.36.